The minimum atomic E-state index is -0.156. The van der Waals surface area contributed by atoms with E-state index in [-0.39, 0.29) is 17.6 Å². The summed E-state index contributed by atoms with van der Waals surface area (Å²) in [5.74, 6) is 1.23. The Hall–Kier alpha value is -2.74. The molecule has 25 heavy (non-hydrogen) atoms. The van der Waals surface area contributed by atoms with Crippen LogP contribution in [0.4, 0.5) is 5.82 Å². The van der Waals surface area contributed by atoms with Gasteiger partial charge in [0.1, 0.15) is 11.6 Å². The highest BCUT2D eigenvalue weighted by Gasteiger charge is 2.33. The number of anilines is 1. The van der Waals surface area contributed by atoms with Crippen molar-refractivity contribution in [3.63, 3.8) is 0 Å². The number of hydrogen-bond donors (Lipinski definition) is 1. The van der Waals surface area contributed by atoms with Gasteiger partial charge in [-0.05, 0) is 25.0 Å². The molecule has 1 aliphatic carbocycles. The molecular weight excluding hydrogens is 320 g/mol. The van der Waals surface area contributed by atoms with Crippen molar-refractivity contribution >= 4 is 11.3 Å². The van der Waals surface area contributed by atoms with E-state index < -0.39 is 0 Å². The summed E-state index contributed by atoms with van der Waals surface area (Å²) in [6.45, 7) is 0.963. The summed E-state index contributed by atoms with van der Waals surface area (Å²) in [5, 5.41) is 12.2. The van der Waals surface area contributed by atoms with Crippen LogP contribution in [-0.2, 0) is 4.74 Å². The molecule has 3 aromatic heterocycles. The van der Waals surface area contributed by atoms with Crippen molar-refractivity contribution < 1.29 is 4.74 Å². The number of fused-ring (bicyclic) bond motifs is 1. The van der Waals surface area contributed by atoms with Crippen molar-refractivity contribution in [1.82, 2.24) is 24.4 Å². The van der Waals surface area contributed by atoms with E-state index in [1.165, 1.54) is 0 Å². The second-order valence-corrected chi connectivity index (χ2v) is 6.61. The Bertz CT molecular complexity index is 976. The van der Waals surface area contributed by atoms with Crippen molar-refractivity contribution in [3.05, 3.63) is 52.8 Å². The Balaban J connectivity index is 1.47. The molecule has 2 fully saturated rings. The van der Waals surface area contributed by atoms with Gasteiger partial charge >= 0.3 is 0 Å². The Kier molecular flexibility index (Phi) is 3.30. The maximum Gasteiger partial charge on any atom is 0.267 e. The summed E-state index contributed by atoms with van der Waals surface area (Å²) in [7, 11) is 0. The molecule has 1 saturated carbocycles. The van der Waals surface area contributed by atoms with Gasteiger partial charge in [-0.1, -0.05) is 0 Å². The Morgan fingerprint density at radius 1 is 1.16 bits per heavy atom. The smallest absolute Gasteiger partial charge is 0.267 e. The van der Waals surface area contributed by atoms with Crippen molar-refractivity contribution in [2.45, 2.75) is 30.8 Å². The molecule has 0 spiro atoms. The molecule has 1 aliphatic heterocycles. The fraction of sp³-hybridized carbons (Fsp3) is 0.412. The first-order chi connectivity index (χ1) is 12.3. The van der Waals surface area contributed by atoms with Crippen LogP contribution >= 0.6 is 0 Å². The number of nitrogens with one attached hydrogen (secondary N) is 1. The second-order valence-electron chi connectivity index (χ2n) is 6.61. The van der Waals surface area contributed by atoms with Crippen LogP contribution in [0.2, 0.25) is 0 Å². The van der Waals surface area contributed by atoms with Gasteiger partial charge in [-0.2, -0.15) is 10.2 Å². The molecule has 8 heteroatoms. The molecule has 2 atom stereocenters. The quantitative estimate of drug-likeness (QED) is 0.770. The highest BCUT2D eigenvalue weighted by Crippen LogP contribution is 2.38. The van der Waals surface area contributed by atoms with E-state index in [2.05, 4.69) is 20.5 Å². The predicted molar refractivity (Wildman–Crippen MR) is 90.7 cm³/mol. The van der Waals surface area contributed by atoms with E-state index in [9.17, 15) is 4.79 Å². The van der Waals surface area contributed by atoms with Crippen LogP contribution in [0.25, 0.3) is 5.52 Å². The molecular formula is C17H18N6O2. The average molecular weight is 338 g/mol. The van der Waals surface area contributed by atoms with E-state index >= 15 is 0 Å². The van der Waals surface area contributed by atoms with E-state index in [4.69, 9.17) is 4.74 Å². The molecule has 1 saturated heterocycles. The Morgan fingerprint density at radius 2 is 2.08 bits per heavy atom. The third kappa shape index (κ3) is 2.58. The van der Waals surface area contributed by atoms with Crippen LogP contribution in [0.15, 0.2) is 41.6 Å². The van der Waals surface area contributed by atoms with E-state index in [1.807, 2.05) is 12.1 Å². The molecule has 128 valence electrons. The van der Waals surface area contributed by atoms with E-state index in [1.54, 1.807) is 33.9 Å². The lowest BCUT2D eigenvalue weighted by Gasteiger charge is -2.21. The largest absolute Gasteiger partial charge is 0.377 e. The lowest BCUT2D eigenvalue weighted by Crippen LogP contribution is -2.37. The molecule has 5 rings (SSSR count). The van der Waals surface area contributed by atoms with Gasteiger partial charge in [0.05, 0.1) is 31.1 Å². The maximum atomic E-state index is 12.4. The summed E-state index contributed by atoms with van der Waals surface area (Å²) in [6, 6.07) is 5.14. The van der Waals surface area contributed by atoms with Crippen LogP contribution in [0, 0.1) is 0 Å². The highest BCUT2D eigenvalue weighted by molar-refractivity contribution is 5.67. The maximum absolute atomic E-state index is 12.4. The van der Waals surface area contributed by atoms with Crippen LogP contribution < -0.4 is 10.9 Å². The number of rotatable bonds is 4. The van der Waals surface area contributed by atoms with Crippen LogP contribution in [-0.4, -0.2) is 43.6 Å². The van der Waals surface area contributed by atoms with Gasteiger partial charge in [0.25, 0.3) is 5.56 Å². The van der Waals surface area contributed by atoms with E-state index in [0.717, 1.165) is 29.9 Å². The topological polar surface area (TPSA) is 86.3 Å². The minimum absolute atomic E-state index is 0.0757. The van der Waals surface area contributed by atoms with Crippen molar-refractivity contribution in [3.8, 4) is 0 Å². The minimum Gasteiger partial charge on any atom is -0.377 e. The monoisotopic (exact) mass is 338 g/mol. The standard InChI is InChI=1S/C17H18N6O2/c24-16-4-3-12(11-1-2-11)21-23(16)15-10-25-9-13(15)20-17-14-5-6-19-22(14)8-7-18-17/h3-8,11,13,15H,1-2,9-10H2,(H,18,20). The first-order valence-electron chi connectivity index (χ1n) is 8.52. The summed E-state index contributed by atoms with van der Waals surface area (Å²) in [6.07, 6.45) is 7.54. The zero-order chi connectivity index (χ0) is 16.8. The van der Waals surface area contributed by atoms with Gasteiger partial charge in [0.15, 0.2) is 5.82 Å². The molecule has 0 aromatic carbocycles. The number of hydrogen-bond acceptors (Lipinski definition) is 6. The summed E-state index contributed by atoms with van der Waals surface area (Å²) in [5.41, 5.74) is 1.80. The number of aromatic nitrogens is 5. The highest BCUT2D eigenvalue weighted by atomic mass is 16.5. The van der Waals surface area contributed by atoms with Gasteiger partial charge in [-0.25, -0.2) is 14.2 Å². The van der Waals surface area contributed by atoms with E-state index in [0.29, 0.717) is 19.1 Å². The van der Waals surface area contributed by atoms with Crippen molar-refractivity contribution in [2.75, 3.05) is 18.5 Å². The summed E-state index contributed by atoms with van der Waals surface area (Å²) >= 11 is 0. The lowest BCUT2D eigenvalue weighted by atomic mass is 10.1. The van der Waals surface area contributed by atoms with Crippen LogP contribution in [0.3, 0.4) is 0 Å². The van der Waals surface area contributed by atoms with Crippen molar-refractivity contribution in [2.24, 2.45) is 0 Å². The zero-order valence-electron chi connectivity index (χ0n) is 13.6. The Morgan fingerprint density at radius 3 is 2.96 bits per heavy atom. The molecule has 1 N–H and O–H groups in total. The van der Waals surface area contributed by atoms with Crippen LogP contribution in [0.5, 0.6) is 0 Å². The molecule has 2 unspecified atom stereocenters. The first kappa shape index (κ1) is 14.6. The molecule has 0 amide bonds. The number of nitrogens with zero attached hydrogens (tertiary/aromatic N) is 5. The van der Waals surface area contributed by atoms with Gasteiger partial charge in [-0.3, -0.25) is 4.79 Å². The van der Waals surface area contributed by atoms with Crippen LogP contribution in [0.1, 0.15) is 30.5 Å². The predicted octanol–water partition coefficient (Wildman–Crippen LogP) is 1.22. The molecule has 3 aromatic rings. The lowest BCUT2D eigenvalue weighted by molar-refractivity contribution is 0.182. The molecule has 0 radical (unpaired) electrons. The number of ether oxygens (including phenoxy) is 1. The first-order valence-corrected chi connectivity index (χ1v) is 8.52. The molecule has 2 aliphatic rings. The molecule has 4 heterocycles. The molecule has 8 nitrogen and oxygen atoms in total. The third-order valence-electron chi connectivity index (χ3n) is 4.85. The zero-order valence-corrected chi connectivity index (χ0v) is 13.6. The third-order valence-corrected chi connectivity index (χ3v) is 4.85. The Labute approximate surface area is 143 Å². The van der Waals surface area contributed by atoms with Gasteiger partial charge in [0.2, 0.25) is 0 Å². The van der Waals surface area contributed by atoms with Crippen molar-refractivity contribution in [1.29, 1.82) is 0 Å². The normalized spacial score (nSPS) is 23.2. The fourth-order valence-corrected chi connectivity index (χ4v) is 3.34. The van der Waals surface area contributed by atoms with Gasteiger partial charge in [-0.15, -0.1) is 0 Å². The second kappa shape index (κ2) is 5.66. The molecule has 0 bridgehead atoms. The average Bonchev–Trinajstić information content (AvgIpc) is 3.17. The summed E-state index contributed by atoms with van der Waals surface area (Å²) < 4.78 is 8.99. The fourth-order valence-electron chi connectivity index (χ4n) is 3.34. The van der Waals surface area contributed by atoms with Gasteiger partial charge in [0, 0.05) is 24.4 Å². The summed E-state index contributed by atoms with van der Waals surface area (Å²) in [4.78, 5) is 16.8. The SMILES string of the molecule is O=c1ccc(C2CC2)nn1C1COCC1Nc1nccn2nccc12. The van der Waals surface area contributed by atoms with Gasteiger partial charge < -0.3 is 10.1 Å².